The highest BCUT2D eigenvalue weighted by atomic mass is 16.5. The molecule has 1 aliphatic carbocycles. The first-order valence-corrected chi connectivity index (χ1v) is 11.0. The van der Waals surface area contributed by atoms with E-state index < -0.39 is 24.0 Å². The molecule has 2 amide bonds. The van der Waals surface area contributed by atoms with E-state index in [1.54, 1.807) is 11.8 Å². The van der Waals surface area contributed by atoms with Crippen molar-refractivity contribution in [3.63, 3.8) is 0 Å². The van der Waals surface area contributed by atoms with Crippen LogP contribution in [-0.4, -0.2) is 53.7 Å². The summed E-state index contributed by atoms with van der Waals surface area (Å²) in [6.07, 6.45) is -0.464. The number of alkyl carbamates (subject to hydrolysis) is 1. The minimum absolute atomic E-state index is 0.0240. The Hall–Kier alpha value is -3.35. The van der Waals surface area contributed by atoms with Crippen molar-refractivity contribution in [2.75, 3.05) is 19.7 Å². The van der Waals surface area contributed by atoms with Crippen LogP contribution in [-0.2, 0) is 14.3 Å². The first-order chi connectivity index (χ1) is 15.3. The zero-order valence-electron chi connectivity index (χ0n) is 18.3. The van der Waals surface area contributed by atoms with Gasteiger partial charge in [-0.1, -0.05) is 55.5 Å². The van der Waals surface area contributed by atoms with Crippen molar-refractivity contribution in [2.45, 2.75) is 32.2 Å². The summed E-state index contributed by atoms with van der Waals surface area (Å²) in [5.41, 5.74) is 4.60. The van der Waals surface area contributed by atoms with E-state index in [-0.39, 0.29) is 37.3 Å². The maximum atomic E-state index is 12.5. The van der Waals surface area contributed by atoms with Gasteiger partial charge in [-0.15, -0.1) is 0 Å². The largest absolute Gasteiger partial charge is 0.481 e. The van der Waals surface area contributed by atoms with Gasteiger partial charge in [0.25, 0.3) is 0 Å². The van der Waals surface area contributed by atoms with Crippen LogP contribution in [0.3, 0.4) is 0 Å². The molecule has 32 heavy (non-hydrogen) atoms. The molecule has 0 spiro atoms. The molecule has 0 bridgehead atoms. The molecule has 1 heterocycles. The number of carbonyl (C=O) groups excluding carboxylic acids is 2. The quantitative estimate of drug-likeness (QED) is 0.723. The summed E-state index contributed by atoms with van der Waals surface area (Å²) in [6.45, 7) is 4.43. The molecule has 4 rings (SSSR count). The number of nitrogens with zero attached hydrogens (tertiary/aromatic N) is 1. The molecule has 168 valence electrons. The Morgan fingerprint density at radius 3 is 2.22 bits per heavy atom. The Morgan fingerprint density at radius 1 is 1.06 bits per heavy atom. The number of rotatable bonds is 6. The lowest BCUT2D eigenvalue weighted by Gasteiger charge is -2.20. The van der Waals surface area contributed by atoms with Crippen molar-refractivity contribution in [3.8, 4) is 11.1 Å². The van der Waals surface area contributed by atoms with Gasteiger partial charge in [-0.25, -0.2) is 4.79 Å². The van der Waals surface area contributed by atoms with Gasteiger partial charge in [0.1, 0.15) is 6.61 Å². The number of fused-ring (bicyclic) bond motifs is 3. The van der Waals surface area contributed by atoms with E-state index in [4.69, 9.17) is 4.74 Å². The number of likely N-dealkylation sites (tertiary alicyclic amines) is 1. The van der Waals surface area contributed by atoms with Crippen LogP contribution in [0.4, 0.5) is 4.79 Å². The van der Waals surface area contributed by atoms with Crippen molar-refractivity contribution < 1.29 is 24.2 Å². The summed E-state index contributed by atoms with van der Waals surface area (Å²) >= 11 is 0. The summed E-state index contributed by atoms with van der Waals surface area (Å²) in [5.74, 6) is -1.68. The topological polar surface area (TPSA) is 95.9 Å². The van der Waals surface area contributed by atoms with Crippen LogP contribution in [0.5, 0.6) is 0 Å². The van der Waals surface area contributed by atoms with Crippen LogP contribution in [0, 0.1) is 11.8 Å². The molecule has 1 fully saturated rings. The predicted octanol–water partition coefficient (Wildman–Crippen LogP) is 3.48. The van der Waals surface area contributed by atoms with Gasteiger partial charge in [-0.05, 0) is 35.1 Å². The summed E-state index contributed by atoms with van der Waals surface area (Å²) in [5, 5.41) is 12.0. The molecule has 0 radical (unpaired) electrons. The van der Waals surface area contributed by atoms with Gasteiger partial charge in [-0.3, -0.25) is 9.59 Å². The van der Waals surface area contributed by atoms with E-state index in [1.807, 2.05) is 31.2 Å². The zero-order valence-corrected chi connectivity index (χ0v) is 18.3. The smallest absolute Gasteiger partial charge is 0.407 e. The normalized spacial score (nSPS) is 20.4. The lowest BCUT2D eigenvalue weighted by atomic mass is 9.98. The highest BCUT2D eigenvalue weighted by molar-refractivity contribution is 5.81. The minimum atomic E-state index is -0.877. The van der Waals surface area contributed by atoms with E-state index in [1.165, 1.54) is 0 Å². The number of hydrogen-bond donors (Lipinski definition) is 2. The molecular formula is C25H28N2O5. The van der Waals surface area contributed by atoms with Gasteiger partial charge in [0.2, 0.25) is 5.91 Å². The van der Waals surface area contributed by atoms with Crippen molar-refractivity contribution >= 4 is 18.0 Å². The number of carboxylic acid groups (broad SMARTS) is 1. The lowest BCUT2D eigenvalue weighted by molar-refractivity contribution is -0.142. The monoisotopic (exact) mass is 436 g/mol. The highest BCUT2D eigenvalue weighted by Gasteiger charge is 2.37. The van der Waals surface area contributed by atoms with Crippen molar-refractivity contribution in [1.29, 1.82) is 0 Å². The van der Waals surface area contributed by atoms with Gasteiger partial charge in [0.15, 0.2) is 0 Å². The zero-order chi connectivity index (χ0) is 22.8. The number of aliphatic carboxylic acids is 1. The SMILES string of the molecule is C[C@H](CC(=O)N1C[C@H](C(=O)O)[C@@H](C)C1)NC(=O)OCC1c2ccccc2-c2ccccc21. The van der Waals surface area contributed by atoms with Crippen LogP contribution in [0.15, 0.2) is 48.5 Å². The number of carbonyl (C=O) groups is 3. The van der Waals surface area contributed by atoms with Crippen LogP contribution < -0.4 is 5.32 Å². The Balaban J connectivity index is 1.30. The van der Waals surface area contributed by atoms with Crippen LogP contribution >= 0.6 is 0 Å². The highest BCUT2D eigenvalue weighted by Crippen LogP contribution is 2.44. The molecule has 2 aliphatic rings. The van der Waals surface area contributed by atoms with Gasteiger partial charge in [0.05, 0.1) is 5.92 Å². The second kappa shape index (κ2) is 9.02. The third-order valence-electron chi connectivity index (χ3n) is 6.47. The van der Waals surface area contributed by atoms with E-state index >= 15 is 0 Å². The van der Waals surface area contributed by atoms with Crippen molar-refractivity contribution in [2.24, 2.45) is 11.8 Å². The Bertz CT molecular complexity index is 991. The number of ether oxygens (including phenoxy) is 1. The van der Waals surface area contributed by atoms with Crippen LogP contribution in [0.2, 0.25) is 0 Å². The molecule has 0 unspecified atom stereocenters. The molecule has 2 aromatic rings. The molecule has 7 heteroatoms. The molecule has 2 aromatic carbocycles. The van der Waals surface area contributed by atoms with Gasteiger partial charge < -0.3 is 20.1 Å². The number of carboxylic acids is 1. The van der Waals surface area contributed by atoms with Crippen LogP contribution in [0.1, 0.15) is 37.3 Å². The van der Waals surface area contributed by atoms with Crippen molar-refractivity contribution in [3.05, 3.63) is 59.7 Å². The fourth-order valence-corrected chi connectivity index (χ4v) is 4.78. The summed E-state index contributed by atoms with van der Waals surface area (Å²) in [4.78, 5) is 37.8. The summed E-state index contributed by atoms with van der Waals surface area (Å²) < 4.78 is 5.53. The Morgan fingerprint density at radius 2 is 1.66 bits per heavy atom. The molecule has 0 aromatic heterocycles. The van der Waals surface area contributed by atoms with Gasteiger partial charge in [-0.2, -0.15) is 0 Å². The first kappa shape index (κ1) is 21.9. The molecule has 1 saturated heterocycles. The molecule has 0 saturated carbocycles. The molecule has 7 nitrogen and oxygen atoms in total. The van der Waals surface area contributed by atoms with E-state index in [9.17, 15) is 19.5 Å². The fourth-order valence-electron chi connectivity index (χ4n) is 4.78. The Labute approximate surface area is 187 Å². The molecular weight excluding hydrogens is 408 g/mol. The average molecular weight is 437 g/mol. The third kappa shape index (κ3) is 4.33. The fraction of sp³-hybridized carbons (Fsp3) is 0.400. The Kier molecular flexibility index (Phi) is 6.17. The van der Waals surface area contributed by atoms with E-state index in [2.05, 4.69) is 29.6 Å². The number of hydrogen-bond acceptors (Lipinski definition) is 4. The van der Waals surface area contributed by atoms with Gasteiger partial charge in [0, 0.05) is 31.5 Å². The number of amides is 2. The van der Waals surface area contributed by atoms with E-state index in [0.29, 0.717) is 6.54 Å². The van der Waals surface area contributed by atoms with Crippen molar-refractivity contribution in [1.82, 2.24) is 10.2 Å². The number of nitrogens with one attached hydrogen (secondary N) is 1. The minimum Gasteiger partial charge on any atom is -0.481 e. The molecule has 1 aliphatic heterocycles. The number of benzene rings is 2. The molecule has 2 N–H and O–H groups in total. The average Bonchev–Trinajstić information content (AvgIpc) is 3.30. The van der Waals surface area contributed by atoms with Gasteiger partial charge >= 0.3 is 12.1 Å². The third-order valence-corrected chi connectivity index (χ3v) is 6.47. The first-order valence-electron chi connectivity index (χ1n) is 11.0. The maximum Gasteiger partial charge on any atom is 0.407 e. The molecule has 3 atom stereocenters. The second-order valence-electron chi connectivity index (χ2n) is 8.80. The second-order valence-corrected chi connectivity index (χ2v) is 8.80. The maximum absolute atomic E-state index is 12.5. The summed E-state index contributed by atoms with van der Waals surface area (Å²) in [7, 11) is 0. The van der Waals surface area contributed by atoms with E-state index in [0.717, 1.165) is 22.3 Å². The lowest BCUT2D eigenvalue weighted by Crippen LogP contribution is -2.39. The standard InChI is InChI=1S/C25H28N2O5/c1-15-12-27(13-21(15)24(29)30)23(28)11-16(2)26-25(31)32-14-22-19-9-5-3-7-17(19)18-8-4-6-10-20(18)22/h3-10,15-16,21-22H,11-14H2,1-2H3,(H,26,31)(H,29,30)/t15-,16+,21-/m0/s1. The van der Waals surface area contributed by atoms with Crippen LogP contribution in [0.25, 0.3) is 11.1 Å². The predicted molar refractivity (Wildman–Crippen MR) is 119 cm³/mol. The summed E-state index contributed by atoms with van der Waals surface area (Å²) in [6, 6.07) is 15.8.